The van der Waals surface area contributed by atoms with Crippen molar-refractivity contribution in [1.82, 2.24) is 0 Å². The summed E-state index contributed by atoms with van der Waals surface area (Å²) in [7, 11) is 0. The maximum Gasteiger partial charge on any atom is 0.186 e. The molecule has 6 heterocycles. The van der Waals surface area contributed by atoms with Gasteiger partial charge in [0.05, 0.1) is 39.6 Å². The van der Waals surface area contributed by atoms with Crippen LogP contribution in [0.15, 0.2) is 0 Å². The quantitative estimate of drug-likeness (QED) is 0.0974. The van der Waals surface area contributed by atoms with Crippen molar-refractivity contribution < 1.29 is 124 Å². The van der Waals surface area contributed by atoms with Crippen molar-refractivity contribution in [3.05, 3.63) is 0 Å². The number of hydrogen-bond donors (Lipinski definition) is 14. The van der Waals surface area contributed by atoms with Crippen LogP contribution in [-0.4, -0.2) is 259 Å². The van der Waals surface area contributed by atoms with Crippen molar-refractivity contribution in [1.29, 1.82) is 0 Å². The molecule has 24 atom stereocenters. The van der Waals surface area contributed by atoms with E-state index >= 15 is 0 Å². The van der Waals surface area contributed by atoms with Crippen LogP contribution in [0, 0.1) is 0 Å². The minimum absolute atomic E-state index is 0.365. The second kappa shape index (κ2) is 18.5. The van der Waals surface area contributed by atoms with E-state index in [2.05, 4.69) is 0 Å². The molecule has 0 spiro atoms. The number of ether oxygens (including phenoxy) is 11. The van der Waals surface area contributed by atoms with Gasteiger partial charge in [0.2, 0.25) is 0 Å². The molecule has 6 aliphatic rings. The predicted octanol–water partition coefficient (Wildman–Crippen LogP) is -10.3. The maximum absolute atomic E-state index is 10.8. The van der Waals surface area contributed by atoms with Crippen molar-refractivity contribution in [3.8, 4) is 0 Å². The van der Waals surface area contributed by atoms with E-state index in [1.54, 1.807) is 0 Å². The number of hydrogen-bond acceptors (Lipinski definition) is 25. The monoisotopic (exact) mass is 810 g/mol. The van der Waals surface area contributed by atoms with E-state index in [0.29, 0.717) is 0 Å². The highest BCUT2D eigenvalue weighted by atomic mass is 16.8. The molecule has 6 rings (SSSR count). The van der Waals surface area contributed by atoms with Gasteiger partial charge in [-0.05, 0) is 0 Å². The highest BCUT2D eigenvalue weighted by Crippen LogP contribution is 2.31. The van der Waals surface area contributed by atoms with E-state index in [1.165, 1.54) is 0 Å². The van der Waals surface area contributed by atoms with Gasteiger partial charge in [0.15, 0.2) is 37.7 Å². The average molecular weight is 811 g/mol. The average Bonchev–Trinajstić information content (AvgIpc) is 3.16. The zero-order valence-corrected chi connectivity index (χ0v) is 28.9. The van der Waals surface area contributed by atoms with Gasteiger partial charge < -0.3 is 124 Å². The van der Waals surface area contributed by atoms with Crippen LogP contribution >= 0.6 is 0 Å². The fraction of sp³-hybridized carbons (Fsp3) is 1.00. The van der Waals surface area contributed by atoms with Gasteiger partial charge in [-0.25, -0.2) is 0 Å². The van der Waals surface area contributed by atoms with Gasteiger partial charge in [0, 0.05) is 0 Å². The van der Waals surface area contributed by atoms with E-state index in [1.807, 2.05) is 0 Å². The lowest BCUT2D eigenvalue weighted by Gasteiger charge is -2.45. The Balaban J connectivity index is 0.936. The van der Waals surface area contributed by atoms with Crippen LogP contribution in [0.5, 0.6) is 0 Å². The highest BCUT2D eigenvalue weighted by Gasteiger charge is 2.51. The first-order chi connectivity index (χ1) is 26.1. The van der Waals surface area contributed by atoms with Gasteiger partial charge in [0.1, 0.15) is 110 Å². The second-order valence-corrected chi connectivity index (χ2v) is 14.1. The van der Waals surface area contributed by atoms with Crippen molar-refractivity contribution in [2.24, 2.45) is 0 Å². The van der Waals surface area contributed by atoms with Gasteiger partial charge in [-0.1, -0.05) is 0 Å². The Morgan fingerprint density at radius 2 is 0.491 bits per heavy atom. The number of aliphatic hydroxyl groups is 14. The van der Waals surface area contributed by atoms with Gasteiger partial charge in [-0.2, -0.15) is 0 Å². The largest absolute Gasteiger partial charge is 0.388 e. The zero-order chi connectivity index (χ0) is 39.9. The topological polar surface area (TPSA) is 385 Å². The molecular weight excluding hydrogens is 760 g/mol. The Kier molecular flexibility index (Phi) is 14.7. The Bertz CT molecular complexity index is 1120. The third-order valence-corrected chi connectivity index (χ3v) is 10.2. The molecule has 1 unspecified atom stereocenters. The summed E-state index contributed by atoms with van der Waals surface area (Å²) in [5.41, 5.74) is 0. The molecule has 6 saturated heterocycles. The zero-order valence-electron chi connectivity index (χ0n) is 28.9. The van der Waals surface area contributed by atoms with Crippen LogP contribution in [0.1, 0.15) is 0 Å². The molecule has 0 radical (unpaired) electrons. The molecule has 55 heavy (non-hydrogen) atoms. The van der Waals surface area contributed by atoms with E-state index < -0.39 is 174 Å². The van der Waals surface area contributed by atoms with E-state index in [4.69, 9.17) is 52.1 Å². The highest BCUT2D eigenvalue weighted by molar-refractivity contribution is 4.93. The third-order valence-electron chi connectivity index (χ3n) is 10.2. The maximum atomic E-state index is 10.8. The van der Waals surface area contributed by atoms with Crippen LogP contribution < -0.4 is 0 Å². The SMILES string of the molecule is OC1OC[C@@H](O[C@@H]2OC[C@@H](O[C@@H]3OC[C@@H](O[C@@H]4OC[C@@H](O[C@@H]5OC[C@@H](O[C@@H]6OC[C@@H](O)[C@H](O)[C@H]6O)[C@H](O)[C@H]5O)[C@H](O)[C@H]4O)[C@H](O)[C@H]3O)[C@H](O)[C@H]2O)[C@H](O)[C@H]1O. The molecule has 0 aliphatic carbocycles. The molecule has 0 aromatic heterocycles. The number of rotatable bonds is 10. The lowest BCUT2D eigenvalue weighted by atomic mass is 10.0. The predicted molar refractivity (Wildman–Crippen MR) is 163 cm³/mol. The normalized spacial score (nSPS) is 54.2. The summed E-state index contributed by atoms with van der Waals surface area (Å²) in [5, 5.41) is 144. The minimum Gasteiger partial charge on any atom is -0.388 e. The first kappa shape index (κ1) is 43.6. The summed E-state index contributed by atoms with van der Waals surface area (Å²) in [6, 6.07) is 0. The molecule has 0 amide bonds. The van der Waals surface area contributed by atoms with Crippen LogP contribution in [0.4, 0.5) is 0 Å². The molecule has 0 aromatic rings. The van der Waals surface area contributed by atoms with Gasteiger partial charge in [-0.3, -0.25) is 0 Å². The van der Waals surface area contributed by atoms with Crippen LogP contribution in [0.25, 0.3) is 0 Å². The fourth-order valence-electron chi connectivity index (χ4n) is 6.69. The Hall–Kier alpha value is -1.00. The van der Waals surface area contributed by atoms with Gasteiger partial charge >= 0.3 is 0 Å². The summed E-state index contributed by atoms with van der Waals surface area (Å²) in [6.07, 6.45) is -37.9. The minimum atomic E-state index is -1.83. The van der Waals surface area contributed by atoms with Gasteiger partial charge in [0.25, 0.3) is 0 Å². The molecule has 320 valence electrons. The van der Waals surface area contributed by atoms with E-state index in [0.717, 1.165) is 0 Å². The molecule has 0 aromatic carbocycles. The van der Waals surface area contributed by atoms with Gasteiger partial charge in [-0.15, -0.1) is 0 Å². The molecular formula is C30H50O25. The lowest BCUT2D eigenvalue weighted by Crippen LogP contribution is -2.63. The molecule has 25 nitrogen and oxygen atoms in total. The van der Waals surface area contributed by atoms with E-state index in [-0.39, 0.29) is 13.2 Å². The van der Waals surface area contributed by atoms with Crippen molar-refractivity contribution in [2.45, 2.75) is 148 Å². The van der Waals surface area contributed by atoms with Crippen molar-refractivity contribution in [2.75, 3.05) is 39.6 Å². The van der Waals surface area contributed by atoms with Crippen LogP contribution in [-0.2, 0) is 52.1 Å². The molecule has 0 saturated carbocycles. The Morgan fingerprint density at radius 1 is 0.255 bits per heavy atom. The van der Waals surface area contributed by atoms with Crippen LogP contribution in [0.3, 0.4) is 0 Å². The van der Waals surface area contributed by atoms with Crippen molar-refractivity contribution in [3.63, 3.8) is 0 Å². The summed E-state index contributed by atoms with van der Waals surface area (Å²) >= 11 is 0. The molecule has 14 N–H and O–H groups in total. The van der Waals surface area contributed by atoms with Crippen LogP contribution in [0.2, 0.25) is 0 Å². The summed E-state index contributed by atoms with van der Waals surface area (Å²) in [5.74, 6) is 0. The molecule has 6 fully saturated rings. The smallest absolute Gasteiger partial charge is 0.186 e. The first-order valence-electron chi connectivity index (χ1n) is 17.6. The summed E-state index contributed by atoms with van der Waals surface area (Å²) in [4.78, 5) is 0. The molecule has 25 heteroatoms. The lowest BCUT2D eigenvalue weighted by molar-refractivity contribution is -0.365. The Labute approximate surface area is 311 Å². The first-order valence-corrected chi connectivity index (χ1v) is 17.6. The molecule has 6 aliphatic heterocycles. The Morgan fingerprint density at radius 3 is 0.800 bits per heavy atom. The standard InChI is InChI=1S/C30H50O25/c31-7-1-46-26(20(39)13(7)32)52-9-3-48-28(22(41)15(9)34)54-11-5-50-30(24(43)17(11)36)55-12-6-49-29(23(42)18(12)37)53-10-4-47-27(21(40)16(10)35)51-8-2-45-25(44)19(38)14(8)33/h7-44H,1-6H2/t7-,8-,9-,10-,11-,12-,13+,14+,15+,16+,17+,18+,19-,20-,21-,22-,23-,24-,25?,26+,27+,28+,29+,30+/m1/s1. The number of aliphatic hydroxyl groups excluding tert-OH is 14. The third kappa shape index (κ3) is 9.42. The fourth-order valence-corrected chi connectivity index (χ4v) is 6.69. The van der Waals surface area contributed by atoms with E-state index in [9.17, 15) is 71.5 Å². The summed E-state index contributed by atoms with van der Waals surface area (Å²) < 4.78 is 59.4. The molecule has 0 bridgehead atoms. The van der Waals surface area contributed by atoms with Crippen molar-refractivity contribution >= 4 is 0 Å². The summed E-state index contributed by atoms with van der Waals surface area (Å²) in [6.45, 7) is -2.52. The second-order valence-electron chi connectivity index (χ2n) is 14.1.